The van der Waals surface area contributed by atoms with Crippen molar-refractivity contribution < 1.29 is 32.6 Å². The predicted octanol–water partition coefficient (Wildman–Crippen LogP) is 3.38. The second-order valence-electron chi connectivity index (χ2n) is 8.99. The van der Waals surface area contributed by atoms with Gasteiger partial charge in [0.25, 0.3) is 5.91 Å². The van der Waals surface area contributed by atoms with Crippen LogP contribution in [-0.4, -0.2) is 62.4 Å². The van der Waals surface area contributed by atoms with Crippen LogP contribution in [0.4, 0.5) is 5.69 Å². The lowest BCUT2D eigenvalue weighted by atomic mass is 10.0. The maximum Gasteiger partial charge on any atom is 0.337 e. The van der Waals surface area contributed by atoms with Crippen LogP contribution in [0.15, 0.2) is 52.3 Å². The van der Waals surface area contributed by atoms with Gasteiger partial charge < -0.3 is 25.0 Å². The number of carbonyl (C=O) groups excluding carboxylic acids is 2. The SMILES string of the molecule is COc1ccc2c(c1)NC(=O)/C2=C\c1[nH]c(C)c(S(=O)(=O)c2ccccc2C(=O)O)c1CCC(=O)N(C)C. The summed E-state index contributed by atoms with van der Waals surface area (Å²) in [7, 11) is 0.393. The van der Waals surface area contributed by atoms with Crippen LogP contribution in [-0.2, 0) is 25.8 Å². The summed E-state index contributed by atoms with van der Waals surface area (Å²) in [6, 6.07) is 10.5. The van der Waals surface area contributed by atoms with Crippen molar-refractivity contribution in [1.29, 1.82) is 0 Å². The molecule has 2 amide bonds. The van der Waals surface area contributed by atoms with Crippen molar-refractivity contribution >= 4 is 45.0 Å². The molecule has 0 spiro atoms. The number of rotatable bonds is 8. The maximum atomic E-state index is 13.9. The molecule has 0 saturated heterocycles. The molecule has 11 heteroatoms. The number of aromatic nitrogens is 1. The number of hydrogen-bond donors (Lipinski definition) is 3. The van der Waals surface area contributed by atoms with Crippen molar-refractivity contribution in [3.8, 4) is 5.75 Å². The molecule has 198 valence electrons. The normalized spacial score (nSPS) is 13.8. The summed E-state index contributed by atoms with van der Waals surface area (Å²) in [6.07, 6.45) is 1.60. The largest absolute Gasteiger partial charge is 0.497 e. The van der Waals surface area contributed by atoms with E-state index in [2.05, 4.69) is 10.3 Å². The van der Waals surface area contributed by atoms with Crippen LogP contribution in [0.1, 0.15) is 39.3 Å². The Kier molecular flexibility index (Phi) is 7.14. The number of aromatic amines is 1. The molecule has 0 aliphatic carbocycles. The van der Waals surface area contributed by atoms with Crippen LogP contribution < -0.4 is 10.1 Å². The van der Waals surface area contributed by atoms with Gasteiger partial charge in [-0.3, -0.25) is 9.59 Å². The number of anilines is 1. The van der Waals surface area contributed by atoms with Crippen LogP contribution in [0.2, 0.25) is 0 Å². The van der Waals surface area contributed by atoms with Crippen molar-refractivity contribution in [3.05, 3.63) is 70.5 Å². The molecule has 4 rings (SSSR count). The van der Waals surface area contributed by atoms with E-state index in [0.717, 1.165) is 0 Å². The second kappa shape index (κ2) is 10.2. The monoisotopic (exact) mass is 537 g/mol. The molecular formula is C27H27N3O7S. The smallest absolute Gasteiger partial charge is 0.337 e. The number of aryl methyl sites for hydroxylation is 1. The lowest BCUT2D eigenvalue weighted by Crippen LogP contribution is -2.22. The summed E-state index contributed by atoms with van der Waals surface area (Å²) < 4.78 is 33.0. The molecule has 3 N–H and O–H groups in total. The van der Waals surface area contributed by atoms with E-state index in [1.807, 2.05) is 0 Å². The van der Waals surface area contributed by atoms with Gasteiger partial charge in [-0.25, -0.2) is 13.2 Å². The van der Waals surface area contributed by atoms with Gasteiger partial charge in [-0.05, 0) is 49.2 Å². The Labute approximate surface area is 219 Å². The standard InChI is InChI=1S/C27H27N3O7S/c1-15-25(38(35,36)23-8-6-5-7-19(23)27(33)34)18(11-12-24(31)30(2)3)22(28-15)14-20-17-10-9-16(37-4)13-21(17)29-26(20)32/h5-10,13-14,28H,11-12H2,1-4H3,(H,29,32)(H,33,34)/b20-14-. The van der Waals surface area contributed by atoms with Gasteiger partial charge in [0, 0.05) is 43.5 Å². The minimum atomic E-state index is -4.32. The van der Waals surface area contributed by atoms with E-state index in [0.29, 0.717) is 33.8 Å². The van der Waals surface area contributed by atoms with E-state index in [9.17, 15) is 27.9 Å². The molecule has 1 aromatic heterocycles. The first-order valence-corrected chi connectivity index (χ1v) is 13.1. The molecule has 1 aliphatic heterocycles. The van der Waals surface area contributed by atoms with Gasteiger partial charge in [0.1, 0.15) is 5.75 Å². The Balaban J connectivity index is 1.91. The summed E-state index contributed by atoms with van der Waals surface area (Å²) in [6.45, 7) is 1.56. The number of sulfone groups is 1. The van der Waals surface area contributed by atoms with Gasteiger partial charge in [-0.2, -0.15) is 0 Å². The third-order valence-corrected chi connectivity index (χ3v) is 8.35. The van der Waals surface area contributed by atoms with Gasteiger partial charge in [-0.1, -0.05) is 12.1 Å². The average molecular weight is 538 g/mol. The number of hydrogen-bond acceptors (Lipinski definition) is 6. The minimum absolute atomic E-state index is 0.00352. The molecular weight excluding hydrogens is 510 g/mol. The summed E-state index contributed by atoms with van der Waals surface area (Å²) >= 11 is 0. The third-order valence-electron chi connectivity index (χ3n) is 6.32. The Morgan fingerprint density at radius 2 is 1.84 bits per heavy atom. The highest BCUT2D eigenvalue weighted by molar-refractivity contribution is 7.91. The Morgan fingerprint density at radius 1 is 1.13 bits per heavy atom. The van der Waals surface area contributed by atoms with Gasteiger partial charge in [0.15, 0.2) is 0 Å². The van der Waals surface area contributed by atoms with Crippen LogP contribution in [0.5, 0.6) is 5.75 Å². The third kappa shape index (κ3) is 4.80. The Bertz CT molecular complexity index is 1600. The van der Waals surface area contributed by atoms with Crippen molar-refractivity contribution in [3.63, 3.8) is 0 Å². The predicted molar refractivity (Wildman–Crippen MR) is 141 cm³/mol. The first-order chi connectivity index (χ1) is 17.9. The number of fused-ring (bicyclic) bond motifs is 1. The number of benzene rings is 2. The number of carboxylic acids is 1. The molecule has 1 aliphatic rings. The number of methoxy groups -OCH3 is 1. The van der Waals surface area contributed by atoms with E-state index in [1.165, 1.54) is 36.3 Å². The molecule has 0 unspecified atom stereocenters. The summed E-state index contributed by atoms with van der Waals surface area (Å²) in [4.78, 5) is 41.1. The highest BCUT2D eigenvalue weighted by Crippen LogP contribution is 2.38. The zero-order valence-electron chi connectivity index (χ0n) is 21.3. The first kappa shape index (κ1) is 26.7. The van der Waals surface area contributed by atoms with Crippen molar-refractivity contribution in [1.82, 2.24) is 9.88 Å². The number of nitrogens with zero attached hydrogens (tertiary/aromatic N) is 1. The van der Waals surface area contributed by atoms with Gasteiger partial charge in [0.05, 0.1) is 33.7 Å². The van der Waals surface area contributed by atoms with Gasteiger partial charge in [0.2, 0.25) is 15.7 Å². The zero-order chi connectivity index (χ0) is 27.8. The Morgan fingerprint density at radius 3 is 2.50 bits per heavy atom. The van der Waals surface area contributed by atoms with Gasteiger partial charge >= 0.3 is 5.97 Å². The molecule has 0 atom stereocenters. The minimum Gasteiger partial charge on any atom is -0.497 e. The molecule has 0 radical (unpaired) electrons. The second-order valence-corrected chi connectivity index (χ2v) is 10.8. The molecule has 3 aromatic rings. The topological polar surface area (TPSA) is 146 Å². The lowest BCUT2D eigenvalue weighted by molar-refractivity contribution is -0.128. The summed E-state index contributed by atoms with van der Waals surface area (Å²) in [5, 5.41) is 12.4. The molecule has 2 heterocycles. The number of carbonyl (C=O) groups is 3. The fourth-order valence-electron chi connectivity index (χ4n) is 4.45. The van der Waals surface area contributed by atoms with Crippen LogP contribution >= 0.6 is 0 Å². The Hall–Kier alpha value is -4.38. The molecule has 0 bridgehead atoms. The fraction of sp³-hybridized carbons (Fsp3) is 0.222. The van der Waals surface area contributed by atoms with Crippen molar-refractivity contribution in [2.45, 2.75) is 29.6 Å². The van der Waals surface area contributed by atoms with E-state index in [-0.39, 0.29) is 45.7 Å². The van der Waals surface area contributed by atoms with E-state index in [4.69, 9.17) is 4.74 Å². The number of nitrogens with one attached hydrogen (secondary N) is 2. The zero-order valence-corrected chi connectivity index (χ0v) is 22.1. The number of amides is 2. The van der Waals surface area contributed by atoms with Gasteiger partial charge in [-0.15, -0.1) is 0 Å². The number of carboxylic acid groups (broad SMARTS) is 1. The van der Waals surface area contributed by atoms with E-state index in [1.54, 1.807) is 45.3 Å². The summed E-state index contributed by atoms with van der Waals surface area (Å²) in [5.74, 6) is -1.41. The van der Waals surface area contributed by atoms with E-state index >= 15 is 0 Å². The maximum absolute atomic E-state index is 13.9. The lowest BCUT2D eigenvalue weighted by Gasteiger charge is -2.13. The first-order valence-electron chi connectivity index (χ1n) is 11.7. The molecule has 0 saturated carbocycles. The van der Waals surface area contributed by atoms with Crippen molar-refractivity contribution in [2.75, 3.05) is 26.5 Å². The molecule has 2 aromatic carbocycles. The quantitative estimate of drug-likeness (QED) is 0.374. The fourth-order valence-corrected chi connectivity index (χ4v) is 6.36. The highest BCUT2D eigenvalue weighted by Gasteiger charge is 2.32. The number of ether oxygens (including phenoxy) is 1. The van der Waals surface area contributed by atoms with Crippen LogP contribution in [0, 0.1) is 6.92 Å². The van der Waals surface area contributed by atoms with E-state index < -0.39 is 15.8 Å². The number of H-pyrrole nitrogens is 1. The molecule has 0 fully saturated rings. The van der Waals surface area contributed by atoms with Crippen LogP contribution in [0.25, 0.3) is 11.6 Å². The van der Waals surface area contributed by atoms with Crippen molar-refractivity contribution in [2.24, 2.45) is 0 Å². The van der Waals surface area contributed by atoms with Crippen LogP contribution in [0.3, 0.4) is 0 Å². The molecule has 10 nitrogen and oxygen atoms in total. The molecule has 38 heavy (non-hydrogen) atoms. The average Bonchev–Trinajstić information content (AvgIpc) is 3.37. The summed E-state index contributed by atoms with van der Waals surface area (Å²) in [5.41, 5.74) is 2.00. The number of aromatic carboxylic acids is 1. The highest BCUT2D eigenvalue weighted by atomic mass is 32.2.